The van der Waals surface area contributed by atoms with E-state index in [0.29, 0.717) is 18.8 Å². The van der Waals surface area contributed by atoms with Crippen molar-refractivity contribution in [2.24, 2.45) is 0 Å². The van der Waals surface area contributed by atoms with Gasteiger partial charge in [-0.15, -0.1) is 0 Å². The highest BCUT2D eigenvalue weighted by molar-refractivity contribution is 5.94. The Bertz CT molecular complexity index is 839. The number of aromatic amines is 1. The largest absolute Gasteiger partial charge is 0.350 e. The van der Waals surface area contributed by atoms with Crippen LogP contribution in [0, 0.1) is 0 Å². The number of benzene rings is 1. The molecule has 0 radical (unpaired) electrons. The van der Waals surface area contributed by atoms with E-state index in [1.165, 1.54) is 0 Å². The molecule has 6 nitrogen and oxygen atoms in total. The van der Waals surface area contributed by atoms with Crippen molar-refractivity contribution in [1.29, 1.82) is 0 Å². The molecule has 0 aliphatic rings. The van der Waals surface area contributed by atoms with Gasteiger partial charge in [0.05, 0.1) is 6.33 Å². The molecule has 0 aliphatic carbocycles. The summed E-state index contributed by atoms with van der Waals surface area (Å²) in [5.74, 6) is -0.383. The molecule has 0 saturated carbocycles. The van der Waals surface area contributed by atoms with Gasteiger partial charge in [-0.2, -0.15) is 0 Å². The molecule has 116 valence electrons. The SMILES string of the molecule is O=C(NCCn1ccnc1)c1ccc(-c2ccccc2)[nH]c1=O. The molecule has 3 aromatic rings. The van der Waals surface area contributed by atoms with Crippen molar-refractivity contribution < 1.29 is 4.79 Å². The first-order valence-electron chi connectivity index (χ1n) is 7.27. The summed E-state index contributed by atoms with van der Waals surface area (Å²) >= 11 is 0. The highest BCUT2D eigenvalue weighted by Crippen LogP contribution is 2.14. The molecule has 0 atom stereocenters. The van der Waals surface area contributed by atoms with Crippen molar-refractivity contribution in [3.05, 3.63) is 77.1 Å². The second-order valence-electron chi connectivity index (χ2n) is 5.04. The Balaban J connectivity index is 1.68. The lowest BCUT2D eigenvalue weighted by atomic mass is 10.1. The van der Waals surface area contributed by atoms with Gasteiger partial charge in [0, 0.05) is 31.2 Å². The van der Waals surface area contributed by atoms with Crippen LogP contribution in [0.1, 0.15) is 10.4 Å². The zero-order valence-corrected chi connectivity index (χ0v) is 12.4. The summed E-state index contributed by atoms with van der Waals surface area (Å²) in [6.45, 7) is 1.03. The number of pyridine rings is 1. The fraction of sp³-hybridized carbons (Fsp3) is 0.118. The van der Waals surface area contributed by atoms with Gasteiger partial charge in [0.2, 0.25) is 0 Å². The standard InChI is InChI=1S/C17H16N4O2/c22-16(19-9-11-21-10-8-18-12-21)14-6-7-15(20-17(14)23)13-4-2-1-3-5-13/h1-8,10,12H,9,11H2,(H,19,22)(H,20,23). The fourth-order valence-corrected chi connectivity index (χ4v) is 2.25. The van der Waals surface area contributed by atoms with E-state index in [1.54, 1.807) is 24.7 Å². The number of hydrogen-bond donors (Lipinski definition) is 2. The summed E-state index contributed by atoms with van der Waals surface area (Å²) < 4.78 is 1.85. The van der Waals surface area contributed by atoms with Crippen LogP contribution in [0.2, 0.25) is 0 Å². The van der Waals surface area contributed by atoms with Gasteiger partial charge >= 0.3 is 0 Å². The molecular formula is C17H16N4O2. The molecule has 2 aromatic heterocycles. The van der Waals surface area contributed by atoms with E-state index in [4.69, 9.17) is 0 Å². The van der Waals surface area contributed by atoms with E-state index in [0.717, 1.165) is 5.56 Å². The molecule has 1 amide bonds. The summed E-state index contributed by atoms with van der Waals surface area (Å²) in [7, 11) is 0. The molecule has 0 bridgehead atoms. The quantitative estimate of drug-likeness (QED) is 0.752. The van der Waals surface area contributed by atoms with Crippen LogP contribution in [0.25, 0.3) is 11.3 Å². The molecule has 2 heterocycles. The van der Waals surface area contributed by atoms with E-state index in [1.807, 2.05) is 41.1 Å². The van der Waals surface area contributed by atoms with E-state index in [2.05, 4.69) is 15.3 Å². The first-order valence-corrected chi connectivity index (χ1v) is 7.27. The van der Waals surface area contributed by atoms with Gasteiger partial charge in [-0.25, -0.2) is 4.98 Å². The molecule has 3 rings (SSSR count). The Morgan fingerprint density at radius 3 is 2.70 bits per heavy atom. The number of carbonyl (C=O) groups excluding carboxylic acids is 1. The Kier molecular flexibility index (Phi) is 4.33. The number of amides is 1. The lowest BCUT2D eigenvalue weighted by Gasteiger charge is -2.06. The first-order chi connectivity index (χ1) is 11.2. The number of H-pyrrole nitrogens is 1. The predicted molar refractivity (Wildman–Crippen MR) is 87.1 cm³/mol. The molecule has 0 unspecified atom stereocenters. The zero-order chi connectivity index (χ0) is 16.1. The number of rotatable bonds is 5. The van der Waals surface area contributed by atoms with Gasteiger partial charge < -0.3 is 14.9 Å². The van der Waals surface area contributed by atoms with Crippen LogP contribution in [-0.2, 0) is 6.54 Å². The Hall–Kier alpha value is -3.15. The normalized spacial score (nSPS) is 10.4. The van der Waals surface area contributed by atoms with Crippen molar-refractivity contribution in [3.63, 3.8) is 0 Å². The van der Waals surface area contributed by atoms with Crippen LogP contribution in [0.3, 0.4) is 0 Å². The van der Waals surface area contributed by atoms with E-state index in [-0.39, 0.29) is 11.5 Å². The molecular weight excluding hydrogens is 292 g/mol. The van der Waals surface area contributed by atoms with Crippen LogP contribution in [0.4, 0.5) is 0 Å². The average molecular weight is 308 g/mol. The lowest BCUT2D eigenvalue weighted by Crippen LogP contribution is -2.31. The molecule has 6 heteroatoms. The minimum absolute atomic E-state index is 0.107. The van der Waals surface area contributed by atoms with Gasteiger partial charge in [0.15, 0.2) is 0 Å². The van der Waals surface area contributed by atoms with Crippen LogP contribution >= 0.6 is 0 Å². The van der Waals surface area contributed by atoms with Crippen LogP contribution < -0.4 is 10.9 Å². The van der Waals surface area contributed by atoms with Gasteiger partial charge in [0.25, 0.3) is 11.5 Å². The number of imidazole rings is 1. The highest BCUT2D eigenvalue weighted by atomic mass is 16.2. The molecule has 2 N–H and O–H groups in total. The third-order valence-electron chi connectivity index (χ3n) is 3.45. The maximum atomic E-state index is 12.1. The molecule has 0 fully saturated rings. The maximum Gasteiger partial charge on any atom is 0.261 e. The lowest BCUT2D eigenvalue weighted by molar-refractivity contribution is 0.0951. The average Bonchev–Trinajstić information content (AvgIpc) is 3.09. The number of nitrogens with zero attached hydrogens (tertiary/aromatic N) is 2. The van der Waals surface area contributed by atoms with Crippen molar-refractivity contribution >= 4 is 5.91 Å². The summed E-state index contributed by atoms with van der Waals surface area (Å²) in [6, 6.07) is 12.8. The summed E-state index contributed by atoms with van der Waals surface area (Å²) in [4.78, 5) is 30.9. The molecule has 1 aromatic carbocycles. The smallest absolute Gasteiger partial charge is 0.261 e. The van der Waals surface area contributed by atoms with Crippen molar-refractivity contribution in [2.45, 2.75) is 6.54 Å². The minimum Gasteiger partial charge on any atom is -0.350 e. The van der Waals surface area contributed by atoms with E-state index >= 15 is 0 Å². The second-order valence-corrected chi connectivity index (χ2v) is 5.04. The topological polar surface area (TPSA) is 79.8 Å². The van der Waals surface area contributed by atoms with Gasteiger partial charge in [-0.05, 0) is 17.7 Å². The summed E-state index contributed by atoms with van der Waals surface area (Å²) in [6.07, 6.45) is 5.16. The maximum absolute atomic E-state index is 12.1. The third kappa shape index (κ3) is 3.55. The summed E-state index contributed by atoms with van der Waals surface area (Å²) in [5.41, 5.74) is 1.30. The molecule has 0 saturated heterocycles. The Morgan fingerprint density at radius 1 is 1.17 bits per heavy atom. The van der Waals surface area contributed by atoms with E-state index < -0.39 is 5.56 Å². The molecule has 0 spiro atoms. The van der Waals surface area contributed by atoms with Crippen molar-refractivity contribution in [1.82, 2.24) is 19.9 Å². The molecule has 0 aliphatic heterocycles. The summed E-state index contributed by atoms with van der Waals surface area (Å²) in [5, 5.41) is 2.73. The van der Waals surface area contributed by atoms with Gasteiger partial charge in [-0.1, -0.05) is 30.3 Å². The Morgan fingerprint density at radius 2 is 2.00 bits per heavy atom. The fourth-order valence-electron chi connectivity index (χ4n) is 2.25. The van der Waals surface area contributed by atoms with Crippen LogP contribution in [0.5, 0.6) is 0 Å². The number of aromatic nitrogens is 3. The van der Waals surface area contributed by atoms with Gasteiger partial charge in [0.1, 0.15) is 5.56 Å². The number of hydrogen-bond acceptors (Lipinski definition) is 3. The zero-order valence-electron chi connectivity index (χ0n) is 12.4. The third-order valence-corrected chi connectivity index (χ3v) is 3.45. The Labute approximate surface area is 132 Å². The monoisotopic (exact) mass is 308 g/mol. The first kappa shape index (κ1) is 14.8. The minimum atomic E-state index is -0.397. The molecule has 23 heavy (non-hydrogen) atoms. The second kappa shape index (κ2) is 6.74. The predicted octanol–water partition coefficient (Wildman–Crippen LogP) is 1.67. The highest BCUT2D eigenvalue weighted by Gasteiger charge is 2.10. The van der Waals surface area contributed by atoms with Gasteiger partial charge in [-0.3, -0.25) is 9.59 Å². The van der Waals surface area contributed by atoms with E-state index in [9.17, 15) is 9.59 Å². The van der Waals surface area contributed by atoms with Crippen molar-refractivity contribution in [2.75, 3.05) is 6.54 Å². The number of nitrogens with one attached hydrogen (secondary N) is 2. The van der Waals surface area contributed by atoms with Crippen LogP contribution in [0.15, 0.2) is 66.0 Å². The van der Waals surface area contributed by atoms with Crippen LogP contribution in [-0.4, -0.2) is 27.0 Å². The number of carbonyl (C=O) groups is 1. The van der Waals surface area contributed by atoms with Crippen molar-refractivity contribution in [3.8, 4) is 11.3 Å².